The first kappa shape index (κ1) is 19.0. The molecule has 7 nitrogen and oxygen atoms in total. The lowest BCUT2D eigenvalue weighted by Crippen LogP contribution is -2.36. The number of hydrogen-bond donors (Lipinski definition) is 3. The van der Waals surface area contributed by atoms with Crippen molar-refractivity contribution in [3.05, 3.63) is 29.8 Å². The molecule has 0 aliphatic rings. The van der Waals surface area contributed by atoms with Gasteiger partial charge in [-0.15, -0.1) is 0 Å². The third-order valence-corrected chi connectivity index (χ3v) is 4.32. The van der Waals surface area contributed by atoms with Crippen LogP contribution in [0.15, 0.2) is 24.3 Å². The van der Waals surface area contributed by atoms with E-state index < -0.39 is 10.0 Å². The highest BCUT2D eigenvalue weighted by atomic mass is 32.2. The van der Waals surface area contributed by atoms with Crippen LogP contribution in [0.5, 0.6) is 0 Å². The molecule has 0 unspecified atom stereocenters. The molecule has 0 heterocycles. The zero-order valence-electron chi connectivity index (χ0n) is 13.5. The van der Waals surface area contributed by atoms with Gasteiger partial charge in [0.15, 0.2) is 0 Å². The number of carbonyl (C=O) groups is 2. The Balaban J connectivity index is 2.55. The second kappa shape index (κ2) is 8.52. The summed E-state index contributed by atoms with van der Waals surface area (Å²) in [6.07, 6.45) is 0. The lowest BCUT2D eigenvalue weighted by molar-refractivity contribution is -0.123. The number of amides is 2. The minimum Gasteiger partial charge on any atom is -0.354 e. The van der Waals surface area contributed by atoms with E-state index in [1.807, 2.05) is 0 Å². The van der Waals surface area contributed by atoms with E-state index in [2.05, 4.69) is 15.4 Å². The van der Waals surface area contributed by atoms with Gasteiger partial charge in [0.2, 0.25) is 15.9 Å². The second-order valence-electron chi connectivity index (χ2n) is 5.29. The summed E-state index contributed by atoms with van der Waals surface area (Å²) in [6, 6.07) is 6.23. The number of hydrogen-bond acceptors (Lipinski definition) is 4. The van der Waals surface area contributed by atoms with E-state index in [0.29, 0.717) is 24.3 Å². The van der Waals surface area contributed by atoms with Gasteiger partial charge in [-0.3, -0.25) is 14.3 Å². The van der Waals surface area contributed by atoms with Crippen LogP contribution in [0.25, 0.3) is 0 Å². The summed E-state index contributed by atoms with van der Waals surface area (Å²) in [6.45, 7) is 5.74. The van der Waals surface area contributed by atoms with Gasteiger partial charge in [-0.2, -0.15) is 0 Å². The molecule has 8 heteroatoms. The first-order valence-electron chi connectivity index (χ1n) is 7.41. The molecule has 3 N–H and O–H groups in total. The molecule has 0 bridgehead atoms. The van der Waals surface area contributed by atoms with E-state index in [1.54, 1.807) is 32.0 Å². The summed E-state index contributed by atoms with van der Waals surface area (Å²) in [5, 5.41) is 5.36. The highest BCUT2D eigenvalue weighted by Crippen LogP contribution is 2.12. The van der Waals surface area contributed by atoms with Crippen LogP contribution in [-0.2, 0) is 14.8 Å². The van der Waals surface area contributed by atoms with Crippen LogP contribution in [0.2, 0.25) is 0 Å². The summed E-state index contributed by atoms with van der Waals surface area (Å²) in [4.78, 5) is 23.4. The average molecular weight is 341 g/mol. The molecule has 0 fully saturated rings. The van der Waals surface area contributed by atoms with Crippen molar-refractivity contribution >= 4 is 27.5 Å². The number of benzene rings is 1. The van der Waals surface area contributed by atoms with E-state index in [0.717, 1.165) is 0 Å². The highest BCUT2D eigenvalue weighted by molar-refractivity contribution is 7.92. The number of anilines is 1. The van der Waals surface area contributed by atoms with Crippen molar-refractivity contribution in [2.45, 2.75) is 20.8 Å². The molecule has 0 saturated carbocycles. The molecule has 2 amide bonds. The van der Waals surface area contributed by atoms with Gasteiger partial charge in [0.25, 0.3) is 5.91 Å². The number of sulfonamides is 1. The second-order valence-corrected chi connectivity index (χ2v) is 7.30. The van der Waals surface area contributed by atoms with Crippen molar-refractivity contribution in [1.29, 1.82) is 0 Å². The third-order valence-electron chi connectivity index (χ3n) is 3.01. The topological polar surface area (TPSA) is 104 Å². The maximum absolute atomic E-state index is 12.0. The Morgan fingerprint density at radius 2 is 1.78 bits per heavy atom. The molecular formula is C15H23N3O4S. The van der Waals surface area contributed by atoms with Crippen molar-refractivity contribution in [3.63, 3.8) is 0 Å². The standard InChI is InChI=1S/C15H23N3O4S/c1-4-23(21,22)18-13-7-5-6-12(10-13)15(20)17-9-8-16-14(19)11(2)3/h5-7,10-11,18H,4,8-9H2,1-3H3,(H,16,19)(H,17,20). The smallest absolute Gasteiger partial charge is 0.251 e. The first-order chi connectivity index (χ1) is 10.7. The zero-order chi connectivity index (χ0) is 17.5. The molecule has 0 aromatic heterocycles. The van der Waals surface area contributed by atoms with Gasteiger partial charge in [-0.05, 0) is 25.1 Å². The molecule has 1 aromatic carbocycles. The predicted molar refractivity (Wildman–Crippen MR) is 89.7 cm³/mol. The lowest BCUT2D eigenvalue weighted by Gasteiger charge is -2.10. The molecule has 1 rings (SSSR count). The fraction of sp³-hybridized carbons (Fsp3) is 0.467. The Kier molecular flexibility index (Phi) is 7.02. The molecule has 1 aromatic rings. The summed E-state index contributed by atoms with van der Waals surface area (Å²) in [7, 11) is -3.38. The van der Waals surface area contributed by atoms with E-state index in [9.17, 15) is 18.0 Å². The van der Waals surface area contributed by atoms with Crippen LogP contribution in [0.4, 0.5) is 5.69 Å². The van der Waals surface area contributed by atoms with Crippen LogP contribution >= 0.6 is 0 Å². The van der Waals surface area contributed by atoms with Crippen molar-refractivity contribution in [3.8, 4) is 0 Å². The molecule has 0 aliphatic carbocycles. The van der Waals surface area contributed by atoms with Crippen LogP contribution in [-0.4, -0.2) is 39.1 Å². The normalized spacial score (nSPS) is 11.1. The summed E-state index contributed by atoms with van der Waals surface area (Å²) < 4.78 is 25.4. The number of carbonyl (C=O) groups excluding carboxylic acids is 2. The molecule has 0 aliphatic heterocycles. The first-order valence-corrected chi connectivity index (χ1v) is 9.07. The number of rotatable bonds is 8. The van der Waals surface area contributed by atoms with E-state index >= 15 is 0 Å². The van der Waals surface area contributed by atoms with Crippen molar-refractivity contribution in [1.82, 2.24) is 10.6 Å². The molecular weight excluding hydrogens is 318 g/mol. The largest absolute Gasteiger partial charge is 0.354 e. The minimum absolute atomic E-state index is 0.0427. The molecule has 0 saturated heterocycles. The molecule has 0 spiro atoms. The molecule has 0 radical (unpaired) electrons. The van der Waals surface area contributed by atoms with Gasteiger partial charge in [0, 0.05) is 30.3 Å². The lowest BCUT2D eigenvalue weighted by atomic mass is 10.2. The van der Waals surface area contributed by atoms with Gasteiger partial charge < -0.3 is 10.6 Å². The van der Waals surface area contributed by atoms with Crippen LogP contribution < -0.4 is 15.4 Å². The van der Waals surface area contributed by atoms with E-state index in [1.165, 1.54) is 13.0 Å². The van der Waals surface area contributed by atoms with Crippen LogP contribution in [0, 0.1) is 5.92 Å². The van der Waals surface area contributed by atoms with Crippen LogP contribution in [0.1, 0.15) is 31.1 Å². The number of nitrogens with one attached hydrogen (secondary N) is 3. The Morgan fingerprint density at radius 3 is 2.39 bits per heavy atom. The average Bonchev–Trinajstić information content (AvgIpc) is 2.50. The Hall–Kier alpha value is -2.09. The van der Waals surface area contributed by atoms with E-state index in [4.69, 9.17) is 0 Å². The predicted octanol–water partition coefficient (Wildman–Crippen LogP) is 0.950. The maximum atomic E-state index is 12.0. The van der Waals surface area contributed by atoms with Crippen LogP contribution in [0.3, 0.4) is 0 Å². The third kappa shape index (κ3) is 6.68. The van der Waals surface area contributed by atoms with Gasteiger partial charge in [0.1, 0.15) is 0 Å². The quantitative estimate of drug-likeness (QED) is 0.612. The fourth-order valence-corrected chi connectivity index (χ4v) is 2.27. The van der Waals surface area contributed by atoms with Crippen molar-refractivity contribution in [2.24, 2.45) is 5.92 Å². The minimum atomic E-state index is -3.38. The Morgan fingerprint density at radius 1 is 1.13 bits per heavy atom. The monoisotopic (exact) mass is 341 g/mol. The fourth-order valence-electron chi connectivity index (χ4n) is 1.64. The van der Waals surface area contributed by atoms with Gasteiger partial charge in [-0.25, -0.2) is 8.42 Å². The molecule has 128 valence electrons. The van der Waals surface area contributed by atoms with Crippen molar-refractivity contribution in [2.75, 3.05) is 23.6 Å². The SMILES string of the molecule is CCS(=O)(=O)Nc1cccc(C(=O)NCCNC(=O)C(C)C)c1. The Bertz CT molecular complexity index is 656. The summed E-state index contributed by atoms with van der Waals surface area (Å²) >= 11 is 0. The Labute approximate surface area is 136 Å². The molecule has 0 atom stereocenters. The van der Waals surface area contributed by atoms with Crippen molar-refractivity contribution < 1.29 is 18.0 Å². The van der Waals surface area contributed by atoms with Gasteiger partial charge in [-0.1, -0.05) is 19.9 Å². The summed E-state index contributed by atoms with van der Waals surface area (Å²) in [5.74, 6) is -0.551. The van der Waals surface area contributed by atoms with E-state index in [-0.39, 0.29) is 23.5 Å². The van der Waals surface area contributed by atoms with Gasteiger partial charge in [0.05, 0.1) is 5.75 Å². The zero-order valence-corrected chi connectivity index (χ0v) is 14.4. The van der Waals surface area contributed by atoms with Gasteiger partial charge >= 0.3 is 0 Å². The highest BCUT2D eigenvalue weighted by Gasteiger charge is 2.10. The maximum Gasteiger partial charge on any atom is 0.251 e. The summed E-state index contributed by atoms with van der Waals surface area (Å²) in [5.41, 5.74) is 0.684. The molecule has 23 heavy (non-hydrogen) atoms.